The Balaban J connectivity index is 2.07. The highest BCUT2D eigenvalue weighted by atomic mass is 32.1. The molecule has 0 aliphatic carbocycles. The first-order chi connectivity index (χ1) is 6.33. The lowest BCUT2D eigenvalue weighted by molar-refractivity contribution is 0.539. The van der Waals surface area contributed by atoms with Crippen molar-refractivity contribution in [1.29, 1.82) is 0 Å². The fourth-order valence-electron chi connectivity index (χ4n) is 1.27. The molecule has 0 bridgehead atoms. The molecule has 1 unspecified atom stereocenters. The molecule has 0 radical (unpaired) electrons. The van der Waals surface area contributed by atoms with E-state index in [9.17, 15) is 0 Å². The highest BCUT2D eigenvalue weighted by Gasteiger charge is 1.99. The monoisotopic (exact) mass is 198 g/mol. The van der Waals surface area contributed by atoms with Gasteiger partial charge in [0.2, 0.25) is 0 Å². The van der Waals surface area contributed by atoms with Gasteiger partial charge in [-0.3, -0.25) is 0 Å². The van der Waals surface area contributed by atoms with Crippen molar-refractivity contribution in [2.45, 2.75) is 32.4 Å². The molecule has 0 amide bonds. The van der Waals surface area contributed by atoms with Crippen LogP contribution in [0, 0.1) is 0 Å². The Morgan fingerprint density at radius 3 is 3.08 bits per heavy atom. The smallest absolute Gasteiger partial charge is 0.0214 e. The number of hydrogen-bond donors (Lipinski definition) is 2. The van der Waals surface area contributed by atoms with Crippen LogP contribution >= 0.6 is 11.3 Å². The third kappa shape index (κ3) is 4.41. The summed E-state index contributed by atoms with van der Waals surface area (Å²) in [5.41, 5.74) is 7.22. The first-order valence-corrected chi connectivity index (χ1v) is 5.74. The normalized spacial score (nSPS) is 13.1. The van der Waals surface area contributed by atoms with Crippen molar-refractivity contribution in [3.63, 3.8) is 0 Å². The Morgan fingerprint density at radius 1 is 1.62 bits per heavy atom. The lowest BCUT2D eigenvalue weighted by Crippen LogP contribution is -2.33. The standard InChI is InChI=1S/C10H18N2S/c1-2-3-10(11)7-12-6-9-4-5-13-8-9/h4-5,8,10,12H,2-3,6-7,11H2,1H3. The van der Waals surface area contributed by atoms with Crippen molar-refractivity contribution in [3.8, 4) is 0 Å². The van der Waals surface area contributed by atoms with Crippen molar-refractivity contribution in [2.75, 3.05) is 6.54 Å². The summed E-state index contributed by atoms with van der Waals surface area (Å²) in [4.78, 5) is 0. The van der Waals surface area contributed by atoms with Crippen molar-refractivity contribution in [2.24, 2.45) is 5.73 Å². The van der Waals surface area contributed by atoms with E-state index >= 15 is 0 Å². The van der Waals surface area contributed by atoms with Crippen LogP contribution in [0.15, 0.2) is 16.8 Å². The topological polar surface area (TPSA) is 38.0 Å². The van der Waals surface area contributed by atoms with Crippen LogP contribution in [0.4, 0.5) is 0 Å². The SMILES string of the molecule is CCCC(N)CNCc1ccsc1. The molecule has 1 aromatic rings. The Bertz CT molecular complexity index is 209. The summed E-state index contributed by atoms with van der Waals surface area (Å²) in [7, 11) is 0. The third-order valence-electron chi connectivity index (χ3n) is 1.98. The molecule has 0 aromatic carbocycles. The van der Waals surface area contributed by atoms with Gasteiger partial charge in [0.1, 0.15) is 0 Å². The van der Waals surface area contributed by atoms with E-state index in [0.29, 0.717) is 6.04 Å². The molecule has 3 heteroatoms. The second-order valence-corrected chi connectivity index (χ2v) is 4.09. The molecule has 1 heterocycles. The Morgan fingerprint density at radius 2 is 2.46 bits per heavy atom. The molecule has 1 rings (SSSR count). The van der Waals surface area contributed by atoms with Crippen LogP contribution in [0.1, 0.15) is 25.3 Å². The van der Waals surface area contributed by atoms with Gasteiger partial charge in [0.05, 0.1) is 0 Å². The van der Waals surface area contributed by atoms with E-state index in [1.807, 2.05) is 0 Å². The number of rotatable bonds is 6. The second-order valence-electron chi connectivity index (χ2n) is 3.31. The van der Waals surface area contributed by atoms with Gasteiger partial charge in [0, 0.05) is 19.1 Å². The summed E-state index contributed by atoms with van der Waals surface area (Å²) in [5, 5.41) is 7.62. The first-order valence-electron chi connectivity index (χ1n) is 4.80. The number of nitrogens with one attached hydrogen (secondary N) is 1. The summed E-state index contributed by atoms with van der Waals surface area (Å²) < 4.78 is 0. The van der Waals surface area contributed by atoms with E-state index in [-0.39, 0.29) is 0 Å². The molecular formula is C10H18N2S. The maximum atomic E-state index is 5.86. The highest BCUT2D eigenvalue weighted by Crippen LogP contribution is 2.04. The van der Waals surface area contributed by atoms with Crippen LogP contribution < -0.4 is 11.1 Å². The van der Waals surface area contributed by atoms with Gasteiger partial charge in [-0.2, -0.15) is 11.3 Å². The number of thiophene rings is 1. The second kappa shape index (κ2) is 6.13. The molecule has 13 heavy (non-hydrogen) atoms. The average molecular weight is 198 g/mol. The van der Waals surface area contributed by atoms with Crippen LogP contribution in [0.5, 0.6) is 0 Å². The summed E-state index contributed by atoms with van der Waals surface area (Å²) in [6.07, 6.45) is 2.28. The molecule has 0 aliphatic rings. The molecule has 0 aliphatic heterocycles. The van der Waals surface area contributed by atoms with Crippen molar-refractivity contribution < 1.29 is 0 Å². The molecule has 0 saturated carbocycles. The summed E-state index contributed by atoms with van der Waals surface area (Å²) >= 11 is 1.74. The van der Waals surface area contributed by atoms with Gasteiger partial charge in [-0.05, 0) is 28.8 Å². The minimum absolute atomic E-state index is 0.309. The summed E-state index contributed by atoms with van der Waals surface area (Å²) in [6, 6.07) is 2.45. The van der Waals surface area contributed by atoms with Gasteiger partial charge >= 0.3 is 0 Å². The van der Waals surface area contributed by atoms with Crippen LogP contribution in [0.3, 0.4) is 0 Å². The molecule has 3 N–H and O–H groups in total. The van der Waals surface area contributed by atoms with Crippen molar-refractivity contribution >= 4 is 11.3 Å². The lowest BCUT2D eigenvalue weighted by Gasteiger charge is -2.10. The van der Waals surface area contributed by atoms with Crippen LogP contribution in [-0.4, -0.2) is 12.6 Å². The minimum Gasteiger partial charge on any atom is -0.327 e. The Labute approximate surface area is 84.2 Å². The van der Waals surface area contributed by atoms with E-state index in [1.54, 1.807) is 11.3 Å². The molecule has 74 valence electrons. The van der Waals surface area contributed by atoms with Gasteiger partial charge in [-0.15, -0.1) is 0 Å². The molecule has 0 saturated heterocycles. The zero-order chi connectivity index (χ0) is 9.52. The fraction of sp³-hybridized carbons (Fsp3) is 0.600. The molecule has 0 fully saturated rings. The largest absolute Gasteiger partial charge is 0.327 e. The summed E-state index contributed by atoms with van der Waals surface area (Å²) in [6.45, 7) is 4.03. The van der Waals surface area contributed by atoms with E-state index < -0.39 is 0 Å². The Hall–Kier alpha value is -0.380. The van der Waals surface area contributed by atoms with Crippen LogP contribution in [0.25, 0.3) is 0 Å². The predicted molar refractivity (Wildman–Crippen MR) is 58.9 cm³/mol. The van der Waals surface area contributed by atoms with Gasteiger partial charge in [-0.25, -0.2) is 0 Å². The quantitative estimate of drug-likeness (QED) is 0.733. The predicted octanol–water partition coefficient (Wildman–Crippen LogP) is 1.97. The zero-order valence-corrected chi connectivity index (χ0v) is 8.94. The molecule has 1 aromatic heterocycles. The van der Waals surface area contributed by atoms with Crippen molar-refractivity contribution in [1.82, 2.24) is 5.32 Å². The maximum absolute atomic E-state index is 5.86. The van der Waals surface area contributed by atoms with Gasteiger partial charge in [0.15, 0.2) is 0 Å². The minimum atomic E-state index is 0.309. The van der Waals surface area contributed by atoms with E-state index in [2.05, 4.69) is 29.1 Å². The number of nitrogens with two attached hydrogens (primary N) is 1. The molecule has 0 spiro atoms. The van der Waals surface area contributed by atoms with Crippen LogP contribution in [0.2, 0.25) is 0 Å². The number of hydrogen-bond acceptors (Lipinski definition) is 3. The third-order valence-corrected chi connectivity index (χ3v) is 2.71. The zero-order valence-electron chi connectivity index (χ0n) is 8.12. The first kappa shape index (κ1) is 10.7. The van der Waals surface area contributed by atoms with Crippen molar-refractivity contribution in [3.05, 3.63) is 22.4 Å². The van der Waals surface area contributed by atoms with Gasteiger partial charge in [-0.1, -0.05) is 13.3 Å². The molecule has 1 atom stereocenters. The fourth-order valence-corrected chi connectivity index (χ4v) is 1.94. The highest BCUT2D eigenvalue weighted by molar-refractivity contribution is 7.07. The average Bonchev–Trinajstić information content (AvgIpc) is 2.57. The van der Waals surface area contributed by atoms with Crippen LogP contribution in [-0.2, 0) is 6.54 Å². The van der Waals surface area contributed by atoms with E-state index in [1.165, 1.54) is 12.0 Å². The van der Waals surface area contributed by atoms with Gasteiger partial charge < -0.3 is 11.1 Å². The summed E-state index contributed by atoms with van der Waals surface area (Å²) in [5.74, 6) is 0. The van der Waals surface area contributed by atoms with E-state index in [4.69, 9.17) is 5.73 Å². The Kier molecular flexibility index (Phi) is 5.05. The van der Waals surface area contributed by atoms with Gasteiger partial charge in [0.25, 0.3) is 0 Å². The lowest BCUT2D eigenvalue weighted by atomic mass is 10.2. The molecule has 2 nitrogen and oxygen atoms in total. The van der Waals surface area contributed by atoms with E-state index in [0.717, 1.165) is 19.5 Å². The maximum Gasteiger partial charge on any atom is 0.0214 e. The molecular weight excluding hydrogens is 180 g/mol.